The maximum absolute atomic E-state index is 12.2. The monoisotopic (exact) mass is 321 g/mol. The smallest absolute Gasteiger partial charge is 0.308 e. The second kappa shape index (κ2) is 7.68. The Morgan fingerprint density at radius 3 is 2.59 bits per heavy atom. The zero-order valence-electron chi connectivity index (χ0n) is 13.1. The average Bonchev–Trinajstić information content (AvgIpc) is 2.53. The number of carboxylic acid groups (broad SMARTS) is 1. The van der Waals surface area contributed by atoms with E-state index >= 15 is 0 Å². The van der Waals surface area contributed by atoms with Crippen molar-refractivity contribution in [3.63, 3.8) is 0 Å². The SMILES string of the molecule is CC(C)c1ccc(SCC(=O)N2CCCC(C(=O)O)C2)cc1. The second-order valence-electron chi connectivity index (χ2n) is 6.03. The molecule has 4 nitrogen and oxygen atoms in total. The molecule has 0 saturated carbocycles. The van der Waals surface area contributed by atoms with E-state index in [1.807, 2.05) is 12.1 Å². The molecule has 0 aromatic heterocycles. The number of carbonyl (C=O) groups excluding carboxylic acids is 1. The molecule has 0 bridgehead atoms. The van der Waals surface area contributed by atoms with Crippen LogP contribution in [-0.4, -0.2) is 40.7 Å². The molecule has 0 radical (unpaired) electrons. The van der Waals surface area contributed by atoms with Crippen LogP contribution in [0.3, 0.4) is 0 Å². The highest BCUT2D eigenvalue weighted by molar-refractivity contribution is 8.00. The fourth-order valence-electron chi connectivity index (χ4n) is 2.59. The molecule has 1 atom stereocenters. The van der Waals surface area contributed by atoms with Crippen molar-refractivity contribution < 1.29 is 14.7 Å². The minimum atomic E-state index is -0.797. The van der Waals surface area contributed by atoms with Gasteiger partial charge in [0.1, 0.15) is 0 Å². The topological polar surface area (TPSA) is 57.6 Å². The van der Waals surface area contributed by atoms with Crippen molar-refractivity contribution in [3.8, 4) is 0 Å². The Morgan fingerprint density at radius 1 is 1.32 bits per heavy atom. The van der Waals surface area contributed by atoms with Gasteiger partial charge < -0.3 is 10.0 Å². The van der Waals surface area contributed by atoms with Gasteiger partial charge in [-0.25, -0.2) is 0 Å². The number of piperidine rings is 1. The van der Waals surface area contributed by atoms with Crippen molar-refractivity contribution in [1.82, 2.24) is 4.90 Å². The molecule has 5 heteroatoms. The van der Waals surface area contributed by atoms with Crippen LogP contribution in [-0.2, 0) is 9.59 Å². The van der Waals surface area contributed by atoms with Gasteiger partial charge in [0, 0.05) is 18.0 Å². The van der Waals surface area contributed by atoms with Gasteiger partial charge in [0.15, 0.2) is 0 Å². The number of carbonyl (C=O) groups is 2. The molecular weight excluding hydrogens is 298 g/mol. The molecule has 0 aliphatic carbocycles. The molecule has 1 unspecified atom stereocenters. The average molecular weight is 321 g/mol. The van der Waals surface area contributed by atoms with Crippen LogP contribution in [0, 0.1) is 5.92 Å². The third-order valence-electron chi connectivity index (χ3n) is 4.03. The molecule has 1 fully saturated rings. The minimum Gasteiger partial charge on any atom is -0.481 e. The van der Waals surface area contributed by atoms with Crippen molar-refractivity contribution >= 4 is 23.6 Å². The Labute approximate surface area is 135 Å². The lowest BCUT2D eigenvalue weighted by Gasteiger charge is -2.30. The van der Waals surface area contributed by atoms with Crippen LogP contribution in [0.2, 0.25) is 0 Å². The maximum Gasteiger partial charge on any atom is 0.308 e. The van der Waals surface area contributed by atoms with E-state index in [0.29, 0.717) is 31.2 Å². The van der Waals surface area contributed by atoms with Crippen LogP contribution in [0.5, 0.6) is 0 Å². The van der Waals surface area contributed by atoms with Crippen LogP contribution in [0.1, 0.15) is 38.2 Å². The van der Waals surface area contributed by atoms with E-state index in [1.165, 1.54) is 17.3 Å². The Hall–Kier alpha value is -1.49. The number of hydrogen-bond donors (Lipinski definition) is 1. The molecule has 0 spiro atoms. The fourth-order valence-corrected chi connectivity index (χ4v) is 3.39. The van der Waals surface area contributed by atoms with E-state index in [0.717, 1.165) is 11.3 Å². The summed E-state index contributed by atoms with van der Waals surface area (Å²) < 4.78 is 0. The largest absolute Gasteiger partial charge is 0.481 e. The van der Waals surface area contributed by atoms with Crippen LogP contribution >= 0.6 is 11.8 Å². The molecule has 1 amide bonds. The molecule has 1 aliphatic heterocycles. The summed E-state index contributed by atoms with van der Waals surface area (Å²) in [5.74, 6) is -0.304. The molecule has 1 heterocycles. The van der Waals surface area contributed by atoms with Crippen LogP contribution in [0.4, 0.5) is 0 Å². The van der Waals surface area contributed by atoms with Crippen LogP contribution in [0.25, 0.3) is 0 Å². The molecule has 120 valence electrons. The first-order valence-corrected chi connectivity index (χ1v) is 8.69. The standard InChI is InChI=1S/C17H23NO3S/c1-12(2)13-5-7-15(8-6-13)22-11-16(19)18-9-3-4-14(10-18)17(20)21/h5-8,12,14H,3-4,9-11H2,1-2H3,(H,20,21). The molecule has 1 aromatic rings. The Morgan fingerprint density at radius 2 is 2.00 bits per heavy atom. The third-order valence-corrected chi connectivity index (χ3v) is 5.03. The minimum absolute atomic E-state index is 0.0314. The Balaban J connectivity index is 1.85. The van der Waals surface area contributed by atoms with Crippen LogP contribution < -0.4 is 0 Å². The first-order chi connectivity index (χ1) is 10.5. The van der Waals surface area contributed by atoms with E-state index in [2.05, 4.69) is 26.0 Å². The summed E-state index contributed by atoms with van der Waals surface area (Å²) in [6.45, 7) is 5.33. The zero-order chi connectivity index (χ0) is 16.1. The van der Waals surface area contributed by atoms with E-state index < -0.39 is 11.9 Å². The van der Waals surface area contributed by atoms with E-state index in [9.17, 15) is 9.59 Å². The third kappa shape index (κ3) is 4.50. The number of carboxylic acids is 1. The van der Waals surface area contributed by atoms with Gasteiger partial charge in [0.25, 0.3) is 0 Å². The van der Waals surface area contributed by atoms with Crippen molar-refractivity contribution in [2.45, 2.75) is 37.5 Å². The summed E-state index contributed by atoms with van der Waals surface area (Å²) in [5.41, 5.74) is 1.29. The van der Waals surface area contributed by atoms with E-state index in [1.54, 1.807) is 4.90 Å². The summed E-state index contributed by atoms with van der Waals surface area (Å²) >= 11 is 1.51. The number of likely N-dealkylation sites (tertiary alicyclic amines) is 1. The number of benzene rings is 1. The number of nitrogens with zero attached hydrogens (tertiary/aromatic N) is 1. The summed E-state index contributed by atoms with van der Waals surface area (Å²) in [4.78, 5) is 26.0. The summed E-state index contributed by atoms with van der Waals surface area (Å²) in [6, 6.07) is 8.28. The van der Waals surface area contributed by atoms with Crippen LogP contribution in [0.15, 0.2) is 29.2 Å². The molecular formula is C17H23NO3S. The lowest BCUT2D eigenvalue weighted by Crippen LogP contribution is -2.43. The number of aliphatic carboxylic acids is 1. The summed E-state index contributed by atoms with van der Waals surface area (Å²) in [6.07, 6.45) is 1.44. The molecule has 1 aromatic carbocycles. The van der Waals surface area contributed by atoms with Gasteiger partial charge in [0.2, 0.25) is 5.91 Å². The van der Waals surface area contributed by atoms with Gasteiger partial charge in [-0.05, 0) is 36.5 Å². The normalized spacial score (nSPS) is 18.5. The Bertz CT molecular complexity index is 527. The predicted molar refractivity (Wildman–Crippen MR) is 88.2 cm³/mol. The van der Waals surface area contributed by atoms with Crippen molar-refractivity contribution in [1.29, 1.82) is 0 Å². The quantitative estimate of drug-likeness (QED) is 0.846. The molecule has 22 heavy (non-hydrogen) atoms. The number of rotatable bonds is 5. The first kappa shape index (κ1) is 16.9. The van der Waals surface area contributed by atoms with Gasteiger partial charge in [0.05, 0.1) is 11.7 Å². The van der Waals surface area contributed by atoms with Crippen molar-refractivity contribution in [2.24, 2.45) is 5.92 Å². The second-order valence-corrected chi connectivity index (χ2v) is 7.08. The van der Waals surface area contributed by atoms with Crippen molar-refractivity contribution in [3.05, 3.63) is 29.8 Å². The molecule has 2 rings (SSSR count). The lowest BCUT2D eigenvalue weighted by molar-refractivity contribution is -0.145. The maximum atomic E-state index is 12.2. The number of hydrogen-bond acceptors (Lipinski definition) is 3. The summed E-state index contributed by atoms with van der Waals surface area (Å²) in [5, 5.41) is 9.07. The van der Waals surface area contributed by atoms with Gasteiger partial charge in [-0.15, -0.1) is 11.8 Å². The van der Waals surface area contributed by atoms with E-state index in [-0.39, 0.29) is 5.91 Å². The molecule has 1 saturated heterocycles. The lowest BCUT2D eigenvalue weighted by atomic mass is 9.98. The highest BCUT2D eigenvalue weighted by Gasteiger charge is 2.27. The van der Waals surface area contributed by atoms with Gasteiger partial charge >= 0.3 is 5.97 Å². The predicted octanol–water partition coefficient (Wildman–Crippen LogP) is 3.23. The number of thioether (sulfide) groups is 1. The summed E-state index contributed by atoms with van der Waals surface area (Å²) in [7, 11) is 0. The van der Waals surface area contributed by atoms with Crippen molar-refractivity contribution in [2.75, 3.05) is 18.8 Å². The van der Waals surface area contributed by atoms with Gasteiger partial charge in [-0.2, -0.15) is 0 Å². The Kier molecular flexibility index (Phi) is 5.89. The van der Waals surface area contributed by atoms with Gasteiger partial charge in [-0.1, -0.05) is 26.0 Å². The number of amides is 1. The molecule has 1 N–H and O–H groups in total. The van der Waals surface area contributed by atoms with Gasteiger partial charge in [-0.3, -0.25) is 9.59 Å². The highest BCUT2D eigenvalue weighted by atomic mass is 32.2. The van der Waals surface area contributed by atoms with E-state index in [4.69, 9.17) is 5.11 Å². The fraction of sp³-hybridized carbons (Fsp3) is 0.529. The molecule has 1 aliphatic rings. The highest BCUT2D eigenvalue weighted by Crippen LogP contribution is 2.23. The first-order valence-electron chi connectivity index (χ1n) is 7.70. The zero-order valence-corrected chi connectivity index (χ0v) is 13.9.